The summed E-state index contributed by atoms with van der Waals surface area (Å²) in [6.45, 7) is -0.235. The van der Waals surface area contributed by atoms with Gasteiger partial charge in [-0.15, -0.1) is 0 Å². The fourth-order valence-corrected chi connectivity index (χ4v) is 1.84. The van der Waals surface area contributed by atoms with Crippen LogP contribution in [0.4, 0.5) is 0 Å². The summed E-state index contributed by atoms with van der Waals surface area (Å²) in [5.41, 5.74) is 0.666. The molecule has 0 N–H and O–H groups in total. The monoisotopic (exact) mass is 312 g/mol. The average molecular weight is 313 g/mol. The SMILES string of the molecule is COC(=O)Cn1c(-c2cccc(Br)c2)noc1=O. The van der Waals surface area contributed by atoms with Crippen LogP contribution in [-0.2, 0) is 16.1 Å². The number of benzene rings is 1. The number of methoxy groups -OCH3 is 1. The van der Waals surface area contributed by atoms with E-state index in [1.165, 1.54) is 7.11 Å². The van der Waals surface area contributed by atoms with Gasteiger partial charge in [0, 0.05) is 10.0 Å². The molecule has 7 heteroatoms. The number of ether oxygens (including phenoxy) is 1. The normalized spacial score (nSPS) is 10.3. The predicted octanol–water partition coefficient (Wildman–Crippen LogP) is 1.44. The molecule has 2 rings (SSSR count). The molecule has 1 aromatic heterocycles. The van der Waals surface area contributed by atoms with Crippen LogP contribution in [0.25, 0.3) is 11.4 Å². The minimum atomic E-state index is -0.699. The van der Waals surface area contributed by atoms with Crippen LogP contribution in [0.1, 0.15) is 0 Å². The van der Waals surface area contributed by atoms with E-state index in [2.05, 4.69) is 30.3 Å². The highest BCUT2D eigenvalue weighted by Gasteiger charge is 2.16. The summed E-state index contributed by atoms with van der Waals surface area (Å²) in [5.74, 6) is -0.960. The Morgan fingerprint density at radius 2 is 2.33 bits per heavy atom. The van der Waals surface area contributed by atoms with Crippen molar-refractivity contribution in [1.82, 2.24) is 9.72 Å². The van der Waals surface area contributed by atoms with E-state index in [1.54, 1.807) is 18.2 Å². The predicted molar refractivity (Wildman–Crippen MR) is 65.9 cm³/mol. The Balaban J connectivity index is 2.46. The van der Waals surface area contributed by atoms with E-state index >= 15 is 0 Å². The molecule has 1 heterocycles. The summed E-state index contributed by atoms with van der Waals surface area (Å²) in [7, 11) is 1.25. The molecule has 94 valence electrons. The molecule has 0 amide bonds. The van der Waals surface area contributed by atoms with Gasteiger partial charge >= 0.3 is 11.7 Å². The minimum absolute atomic E-state index is 0.235. The Labute approximate surface area is 110 Å². The second-order valence-corrected chi connectivity index (χ2v) is 4.36. The van der Waals surface area contributed by atoms with Gasteiger partial charge in [0.2, 0.25) is 0 Å². The van der Waals surface area contributed by atoms with Crippen molar-refractivity contribution in [3.63, 3.8) is 0 Å². The van der Waals surface area contributed by atoms with E-state index in [0.717, 1.165) is 9.04 Å². The molecule has 0 aliphatic heterocycles. The highest BCUT2D eigenvalue weighted by molar-refractivity contribution is 9.10. The van der Waals surface area contributed by atoms with Crippen molar-refractivity contribution >= 4 is 21.9 Å². The lowest BCUT2D eigenvalue weighted by atomic mass is 10.2. The number of halogens is 1. The van der Waals surface area contributed by atoms with Gasteiger partial charge in [-0.1, -0.05) is 33.2 Å². The number of nitrogens with zero attached hydrogens (tertiary/aromatic N) is 2. The molecule has 0 saturated carbocycles. The Bertz CT molecular complexity index is 632. The molecule has 0 aliphatic carbocycles. The Hall–Kier alpha value is -1.89. The van der Waals surface area contributed by atoms with Gasteiger partial charge in [0.05, 0.1) is 7.11 Å². The molecule has 0 saturated heterocycles. The van der Waals surface area contributed by atoms with Crippen molar-refractivity contribution < 1.29 is 14.1 Å². The molecule has 0 radical (unpaired) electrons. The first kappa shape index (κ1) is 12.6. The zero-order valence-corrected chi connectivity index (χ0v) is 11.0. The number of aromatic nitrogens is 2. The zero-order chi connectivity index (χ0) is 13.1. The minimum Gasteiger partial charge on any atom is -0.468 e. The van der Waals surface area contributed by atoms with Crippen molar-refractivity contribution in [1.29, 1.82) is 0 Å². The van der Waals surface area contributed by atoms with Gasteiger partial charge in [0.1, 0.15) is 6.54 Å². The quantitative estimate of drug-likeness (QED) is 0.802. The molecule has 0 aliphatic rings. The van der Waals surface area contributed by atoms with E-state index in [9.17, 15) is 9.59 Å². The van der Waals surface area contributed by atoms with Crippen LogP contribution < -0.4 is 5.76 Å². The summed E-state index contributed by atoms with van der Waals surface area (Å²) in [4.78, 5) is 22.7. The van der Waals surface area contributed by atoms with Crippen LogP contribution >= 0.6 is 15.9 Å². The molecular formula is C11H9BrN2O4. The van der Waals surface area contributed by atoms with E-state index in [0.29, 0.717) is 5.56 Å². The van der Waals surface area contributed by atoms with E-state index in [4.69, 9.17) is 0 Å². The second-order valence-electron chi connectivity index (χ2n) is 3.44. The number of esters is 1. The molecule has 0 fully saturated rings. The van der Waals surface area contributed by atoms with Crippen LogP contribution in [0.2, 0.25) is 0 Å². The highest BCUT2D eigenvalue weighted by atomic mass is 79.9. The Kier molecular flexibility index (Phi) is 3.61. The third-order valence-electron chi connectivity index (χ3n) is 2.28. The van der Waals surface area contributed by atoms with Crippen molar-refractivity contribution in [2.75, 3.05) is 7.11 Å². The van der Waals surface area contributed by atoms with Gasteiger partial charge in [-0.2, -0.15) is 0 Å². The number of carbonyl (C=O) groups is 1. The molecule has 2 aromatic rings. The lowest BCUT2D eigenvalue weighted by Gasteiger charge is -2.03. The molecular weight excluding hydrogens is 304 g/mol. The maximum atomic E-state index is 11.5. The number of carbonyl (C=O) groups excluding carboxylic acids is 1. The maximum Gasteiger partial charge on any atom is 0.442 e. The number of rotatable bonds is 3. The fourth-order valence-electron chi connectivity index (χ4n) is 1.44. The largest absolute Gasteiger partial charge is 0.468 e. The third-order valence-corrected chi connectivity index (χ3v) is 2.78. The molecule has 0 spiro atoms. The molecule has 0 bridgehead atoms. The van der Waals surface area contributed by atoms with Crippen LogP contribution in [0.5, 0.6) is 0 Å². The standard InChI is InChI=1S/C11H9BrN2O4/c1-17-9(15)6-14-10(13-18-11(14)16)7-3-2-4-8(12)5-7/h2-5H,6H2,1H3. The Morgan fingerprint density at radius 3 is 3.00 bits per heavy atom. The van der Waals surface area contributed by atoms with Crippen LogP contribution in [0.3, 0.4) is 0 Å². The first-order valence-corrected chi connectivity index (χ1v) is 5.80. The number of hydrogen-bond acceptors (Lipinski definition) is 5. The van der Waals surface area contributed by atoms with Crippen molar-refractivity contribution in [2.45, 2.75) is 6.54 Å². The van der Waals surface area contributed by atoms with E-state index in [-0.39, 0.29) is 12.4 Å². The van der Waals surface area contributed by atoms with Gasteiger partial charge in [-0.05, 0) is 12.1 Å². The van der Waals surface area contributed by atoms with E-state index < -0.39 is 11.7 Å². The molecule has 0 unspecified atom stereocenters. The second kappa shape index (κ2) is 5.18. The van der Waals surface area contributed by atoms with Crippen molar-refractivity contribution in [3.05, 3.63) is 39.3 Å². The topological polar surface area (TPSA) is 74.3 Å². The highest BCUT2D eigenvalue weighted by Crippen LogP contribution is 2.20. The van der Waals surface area contributed by atoms with Crippen LogP contribution in [0, 0.1) is 0 Å². The molecule has 1 aromatic carbocycles. The maximum absolute atomic E-state index is 11.5. The molecule has 6 nitrogen and oxygen atoms in total. The average Bonchev–Trinajstić information content (AvgIpc) is 2.71. The first-order valence-electron chi connectivity index (χ1n) is 5.01. The van der Waals surface area contributed by atoms with Crippen LogP contribution in [-0.4, -0.2) is 22.8 Å². The van der Waals surface area contributed by atoms with Gasteiger partial charge in [-0.25, -0.2) is 9.36 Å². The summed E-state index contributed by atoms with van der Waals surface area (Å²) < 4.78 is 11.0. The fraction of sp³-hybridized carbons (Fsp3) is 0.182. The lowest BCUT2D eigenvalue weighted by Crippen LogP contribution is -2.21. The first-order chi connectivity index (χ1) is 8.61. The number of hydrogen-bond donors (Lipinski definition) is 0. The summed E-state index contributed by atoms with van der Waals surface area (Å²) in [6.07, 6.45) is 0. The van der Waals surface area contributed by atoms with Gasteiger partial charge in [0.15, 0.2) is 5.82 Å². The summed E-state index contributed by atoms with van der Waals surface area (Å²) >= 11 is 3.32. The van der Waals surface area contributed by atoms with Gasteiger partial charge in [-0.3, -0.25) is 9.32 Å². The van der Waals surface area contributed by atoms with Crippen LogP contribution in [0.15, 0.2) is 38.1 Å². The summed E-state index contributed by atoms with van der Waals surface area (Å²) in [6, 6.07) is 7.16. The van der Waals surface area contributed by atoms with Gasteiger partial charge < -0.3 is 4.74 Å². The van der Waals surface area contributed by atoms with E-state index in [1.807, 2.05) is 6.07 Å². The molecule has 0 atom stereocenters. The zero-order valence-electron chi connectivity index (χ0n) is 9.42. The van der Waals surface area contributed by atoms with Gasteiger partial charge in [0.25, 0.3) is 0 Å². The lowest BCUT2D eigenvalue weighted by molar-refractivity contribution is -0.141. The van der Waals surface area contributed by atoms with Crippen molar-refractivity contribution in [2.24, 2.45) is 0 Å². The molecule has 18 heavy (non-hydrogen) atoms. The van der Waals surface area contributed by atoms with Crippen molar-refractivity contribution in [3.8, 4) is 11.4 Å². The summed E-state index contributed by atoms with van der Waals surface area (Å²) in [5, 5.41) is 3.66. The third kappa shape index (κ3) is 2.51. The smallest absolute Gasteiger partial charge is 0.442 e. The Morgan fingerprint density at radius 1 is 1.56 bits per heavy atom.